The molecule has 0 bridgehead atoms. The third-order valence-electron chi connectivity index (χ3n) is 6.67. The highest BCUT2D eigenvalue weighted by molar-refractivity contribution is 7.89. The zero-order valence-corrected chi connectivity index (χ0v) is 24.6. The second kappa shape index (κ2) is 17.8. The van der Waals surface area contributed by atoms with Gasteiger partial charge in [-0.2, -0.15) is 0 Å². The molecule has 0 fully saturated rings. The van der Waals surface area contributed by atoms with Crippen LogP contribution in [0.4, 0.5) is 5.69 Å². The number of aliphatic imine (C=N–C) groups is 1. The Hall–Kier alpha value is -2.69. The Balaban J connectivity index is 1.54. The van der Waals surface area contributed by atoms with Crippen molar-refractivity contribution in [2.75, 3.05) is 45.2 Å². The predicted octanol–water partition coefficient (Wildman–Crippen LogP) is 3.91. The third-order valence-corrected chi connectivity index (χ3v) is 8.19. The van der Waals surface area contributed by atoms with Gasteiger partial charge in [-0.3, -0.25) is 9.79 Å². The summed E-state index contributed by atoms with van der Waals surface area (Å²) in [7, 11) is 0.209. The average Bonchev–Trinajstić information content (AvgIpc) is 2.90. The van der Waals surface area contributed by atoms with E-state index in [1.165, 1.54) is 25.7 Å². The first kappa shape index (κ1) is 32.5. The summed E-state index contributed by atoms with van der Waals surface area (Å²) in [5.41, 5.74) is 11.6. The number of carbonyl (C=O) groups excluding carboxylic acids is 1. The van der Waals surface area contributed by atoms with E-state index in [0.717, 1.165) is 49.8 Å². The number of rotatable bonds is 21. The zero-order valence-electron chi connectivity index (χ0n) is 23.8. The molecule has 0 spiro atoms. The molecule has 2 aromatic rings. The van der Waals surface area contributed by atoms with Crippen LogP contribution in [-0.2, 0) is 14.8 Å². The summed E-state index contributed by atoms with van der Waals surface area (Å²) in [6, 6.07) is 11.0. The lowest BCUT2D eigenvalue weighted by molar-refractivity contribution is -0.119. The van der Waals surface area contributed by atoms with E-state index < -0.39 is 10.0 Å². The molecule has 0 saturated heterocycles. The number of hydrogen-bond acceptors (Lipinski definition) is 6. The van der Waals surface area contributed by atoms with Crippen LogP contribution >= 0.6 is 0 Å². The number of nitrogens with one attached hydrogen (secondary N) is 2. The van der Waals surface area contributed by atoms with Crippen LogP contribution in [0.25, 0.3) is 10.8 Å². The fraction of sp³-hybridized carbons (Fsp3) is 0.586. The molecular weight excluding hydrogens is 512 g/mol. The van der Waals surface area contributed by atoms with Gasteiger partial charge in [-0.05, 0) is 50.9 Å². The van der Waals surface area contributed by atoms with Crippen molar-refractivity contribution in [3.63, 3.8) is 0 Å². The van der Waals surface area contributed by atoms with Crippen molar-refractivity contribution >= 4 is 38.2 Å². The molecule has 0 aromatic heterocycles. The normalized spacial score (nSPS) is 11.5. The number of fused-ring (bicyclic) bond motifs is 1. The van der Waals surface area contributed by atoms with Crippen molar-refractivity contribution in [3.8, 4) is 0 Å². The Morgan fingerprint density at radius 2 is 1.41 bits per heavy atom. The van der Waals surface area contributed by atoms with Gasteiger partial charge >= 0.3 is 0 Å². The highest BCUT2D eigenvalue weighted by atomic mass is 32.2. The van der Waals surface area contributed by atoms with Gasteiger partial charge in [0.05, 0.1) is 4.90 Å². The van der Waals surface area contributed by atoms with Crippen LogP contribution in [0.3, 0.4) is 0 Å². The van der Waals surface area contributed by atoms with Gasteiger partial charge in [-0.15, -0.1) is 0 Å². The van der Waals surface area contributed by atoms with Gasteiger partial charge < -0.3 is 21.7 Å². The smallest absolute Gasteiger partial charge is 0.241 e. The van der Waals surface area contributed by atoms with Gasteiger partial charge in [-0.1, -0.05) is 56.4 Å². The second-order valence-electron chi connectivity index (χ2n) is 10.2. The van der Waals surface area contributed by atoms with Gasteiger partial charge in [0, 0.05) is 56.5 Å². The van der Waals surface area contributed by atoms with Gasteiger partial charge in [0.15, 0.2) is 5.96 Å². The van der Waals surface area contributed by atoms with E-state index in [2.05, 4.69) is 15.0 Å². The first-order chi connectivity index (χ1) is 18.7. The number of guanidine groups is 1. The van der Waals surface area contributed by atoms with E-state index in [4.69, 9.17) is 11.5 Å². The van der Waals surface area contributed by atoms with Crippen molar-refractivity contribution in [2.45, 2.75) is 75.5 Å². The summed E-state index contributed by atoms with van der Waals surface area (Å²) >= 11 is 0. The van der Waals surface area contributed by atoms with E-state index >= 15 is 0 Å². The largest absolute Gasteiger partial charge is 0.377 e. The third kappa shape index (κ3) is 12.4. The molecule has 0 aliphatic heterocycles. The Morgan fingerprint density at radius 1 is 0.795 bits per heavy atom. The molecule has 0 saturated carbocycles. The Labute approximate surface area is 234 Å². The number of anilines is 1. The topological polar surface area (TPSA) is 143 Å². The second-order valence-corrected chi connectivity index (χ2v) is 11.9. The fourth-order valence-corrected chi connectivity index (χ4v) is 5.87. The van der Waals surface area contributed by atoms with Crippen molar-refractivity contribution in [2.24, 2.45) is 16.5 Å². The molecule has 218 valence electrons. The van der Waals surface area contributed by atoms with E-state index in [9.17, 15) is 13.2 Å². The Kier molecular flexibility index (Phi) is 14.9. The molecule has 0 aliphatic rings. The van der Waals surface area contributed by atoms with Crippen molar-refractivity contribution < 1.29 is 13.2 Å². The summed E-state index contributed by atoms with van der Waals surface area (Å²) < 4.78 is 28.6. The summed E-state index contributed by atoms with van der Waals surface area (Å²) in [5, 5.41) is 4.99. The average molecular weight is 561 g/mol. The number of unbranched alkanes of at least 4 members (excludes halogenated alkanes) is 6. The first-order valence-corrected chi connectivity index (χ1v) is 15.7. The molecular formula is C29H48N6O3S. The number of ketones is 1. The molecule has 2 aromatic carbocycles. The van der Waals surface area contributed by atoms with Crippen LogP contribution in [-0.4, -0.2) is 60.4 Å². The number of Topliss-reactive ketones (excluding diaryl/α,β-unsaturated/α-hetero) is 1. The van der Waals surface area contributed by atoms with Gasteiger partial charge in [0.25, 0.3) is 0 Å². The maximum atomic E-state index is 13.0. The molecule has 39 heavy (non-hydrogen) atoms. The maximum Gasteiger partial charge on any atom is 0.241 e. The molecule has 0 aliphatic carbocycles. The number of benzene rings is 2. The highest BCUT2D eigenvalue weighted by Gasteiger charge is 2.18. The summed E-state index contributed by atoms with van der Waals surface area (Å²) in [5.74, 6) is 0.359. The first-order valence-electron chi connectivity index (χ1n) is 14.2. The van der Waals surface area contributed by atoms with E-state index in [-0.39, 0.29) is 23.2 Å². The number of nitrogens with two attached hydrogens (primary N) is 2. The standard InChI is InChI=1S/C29H48N6O3S/c1-35(2)27-18-10-17-26-25(27)16-11-19-28(26)39(37,38)34-23-12-15-24(36)14-8-6-4-3-5-7-9-20-32-21-13-22-33-29(30)31/h10-11,16-19,32,34H,3-9,12-15,20-23H2,1-2H3,(H4,30,31,33). The van der Waals surface area contributed by atoms with Crippen molar-refractivity contribution in [3.05, 3.63) is 36.4 Å². The molecule has 10 heteroatoms. The van der Waals surface area contributed by atoms with Gasteiger partial charge in [0.2, 0.25) is 10.0 Å². The van der Waals surface area contributed by atoms with Crippen LogP contribution in [0.15, 0.2) is 46.3 Å². The van der Waals surface area contributed by atoms with Gasteiger partial charge in [-0.25, -0.2) is 13.1 Å². The molecule has 2 rings (SSSR count). The molecule has 0 unspecified atom stereocenters. The van der Waals surface area contributed by atoms with E-state index in [0.29, 0.717) is 31.2 Å². The number of nitrogens with zero attached hydrogens (tertiary/aromatic N) is 2. The lowest BCUT2D eigenvalue weighted by atomic mass is 10.0. The lowest BCUT2D eigenvalue weighted by Gasteiger charge is -2.17. The fourth-order valence-electron chi connectivity index (χ4n) is 4.58. The van der Waals surface area contributed by atoms with Crippen molar-refractivity contribution in [1.82, 2.24) is 10.0 Å². The zero-order chi connectivity index (χ0) is 28.5. The number of sulfonamides is 1. The minimum absolute atomic E-state index is 0.150. The summed E-state index contributed by atoms with van der Waals surface area (Å²) in [4.78, 5) is 18.4. The number of hydrogen-bond donors (Lipinski definition) is 4. The Bertz CT molecular complexity index is 1150. The maximum absolute atomic E-state index is 13.0. The van der Waals surface area contributed by atoms with Gasteiger partial charge in [0.1, 0.15) is 5.78 Å². The molecule has 0 heterocycles. The van der Waals surface area contributed by atoms with Crippen LogP contribution in [0, 0.1) is 0 Å². The monoisotopic (exact) mass is 560 g/mol. The van der Waals surface area contributed by atoms with Crippen LogP contribution < -0.4 is 26.4 Å². The molecule has 0 radical (unpaired) electrons. The molecule has 6 N–H and O–H groups in total. The van der Waals surface area contributed by atoms with Crippen LogP contribution in [0.5, 0.6) is 0 Å². The van der Waals surface area contributed by atoms with Crippen LogP contribution in [0.2, 0.25) is 0 Å². The summed E-state index contributed by atoms with van der Waals surface area (Å²) in [6.07, 6.45) is 10.4. The lowest BCUT2D eigenvalue weighted by Crippen LogP contribution is -2.25. The quantitative estimate of drug-likeness (QED) is 0.103. The molecule has 0 amide bonds. The highest BCUT2D eigenvalue weighted by Crippen LogP contribution is 2.30. The molecule has 9 nitrogen and oxygen atoms in total. The predicted molar refractivity (Wildman–Crippen MR) is 163 cm³/mol. The number of carbonyl (C=O) groups is 1. The van der Waals surface area contributed by atoms with E-state index in [1.807, 2.05) is 43.3 Å². The van der Waals surface area contributed by atoms with E-state index in [1.54, 1.807) is 12.1 Å². The minimum Gasteiger partial charge on any atom is -0.377 e. The van der Waals surface area contributed by atoms with Crippen LogP contribution in [0.1, 0.15) is 70.6 Å². The minimum atomic E-state index is -3.67. The summed E-state index contributed by atoms with van der Waals surface area (Å²) in [6.45, 7) is 2.87. The molecule has 0 atom stereocenters. The SMILES string of the molecule is CN(C)c1cccc2c(S(=O)(=O)NCCCC(=O)CCCCCCCCCNCCCN=C(N)N)cccc12. The Morgan fingerprint density at radius 3 is 2.13 bits per heavy atom. The van der Waals surface area contributed by atoms with Crippen molar-refractivity contribution in [1.29, 1.82) is 0 Å².